The molecule has 0 aliphatic rings. The van der Waals surface area contributed by atoms with Crippen molar-refractivity contribution in [1.82, 2.24) is 5.32 Å². The number of esters is 1. The molecule has 1 aromatic rings. The molecule has 0 radical (unpaired) electrons. The molecule has 7 nitrogen and oxygen atoms in total. The standard InChI is InChI=1S/C15H19NO6/c1-15(2,16-11(13(19)20)8-12(17)18)9-22-14(21)10-6-4-3-5-7-10/h3-7,11,16H,8-9H2,1-2H3,(H,17,18)(H,19,20)/t11-/m0/s1. The molecule has 1 atom stereocenters. The number of hydrogen-bond donors (Lipinski definition) is 3. The van der Waals surface area contributed by atoms with E-state index in [9.17, 15) is 14.4 Å². The SMILES string of the molecule is CC(C)(COC(=O)c1ccccc1)N[C@@H](CC(=O)O)C(=O)O. The van der Waals surface area contributed by atoms with Gasteiger partial charge in [0.05, 0.1) is 12.0 Å². The normalized spacial score (nSPS) is 12.5. The number of hydrogen-bond acceptors (Lipinski definition) is 5. The van der Waals surface area contributed by atoms with Crippen molar-refractivity contribution in [3.8, 4) is 0 Å². The molecule has 0 aliphatic heterocycles. The molecule has 0 spiro atoms. The zero-order valence-electron chi connectivity index (χ0n) is 12.4. The van der Waals surface area contributed by atoms with Gasteiger partial charge in [-0.1, -0.05) is 18.2 Å². The zero-order chi connectivity index (χ0) is 16.8. The van der Waals surface area contributed by atoms with E-state index in [4.69, 9.17) is 14.9 Å². The van der Waals surface area contributed by atoms with E-state index >= 15 is 0 Å². The van der Waals surface area contributed by atoms with Crippen molar-refractivity contribution in [2.45, 2.75) is 31.8 Å². The van der Waals surface area contributed by atoms with Crippen LogP contribution in [0.5, 0.6) is 0 Å². The molecule has 0 heterocycles. The highest BCUT2D eigenvalue weighted by atomic mass is 16.5. The first-order valence-corrected chi connectivity index (χ1v) is 6.66. The summed E-state index contributed by atoms with van der Waals surface area (Å²) in [7, 11) is 0. The summed E-state index contributed by atoms with van der Waals surface area (Å²) in [6.45, 7) is 3.16. The van der Waals surface area contributed by atoms with Crippen LogP contribution >= 0.6 is 0 Å². The monoisotopic (exact) mass is 309 g/mol. The Labute approximate surface area is 127 Å². The van der Waals surface area contributed by atoms with Gasteiger partial charge < -0.3 is 14.9 Å². The van der Waals surface area contributed by atoms with Gasteiger partial charge in [-0.15, -0.1) is 0 Å². The summed E-state index contributed by atoms with van der Waals surface area (Å²) < 4.78 is 5.14. The Kier molecular flexibility index (Phi) is 6.06. The first-order chi connectivity index (χ1) is 10.2. The van der Waals surface area contributed by atoms with Crippen molar-refractivity contribution in [3.63, 3.8) is 0 Å². The zero-order valence-corrected chi connectivity index (χ0v) is 12.4. The third kappa shape index (κ3) is 5.92. The minimum absolute atomic E-state index is 0.0931. The summed E-state index contributed by atoms with van der Waals surface area (Å²) in [4.78, 5) is 33.5. The van der Waals surface area contributed by atoms with E-state index in [1.54, 1.807) is 44.2 Å². The van der Waals surface area contributed by atoms with Crippen LogP contribution < -0.4 is 5.32 Å². The van der Waals surface area contributed by atoms with Crippen molar-refractivity contribution in [2.24, 2.45) is 0 Å². The number of aliphatic carboxylic acids is 2. The van der Waals surface area contributed by atoms with Gasteiger partial charge in [-0.3, -0.25) is 14.9 Å². The fourth-order valence-electron chi connectivity index (χ4n) is 1.79. The fourth-order valence-corrected chi connectivity index (χ4v) is 1.79. The maximum Gasteiger partial charge on any atom is 0.338 e. The number of benzene rings is 1. The predicted octanol–water partition coefficient (Wildman–Crippen LogP) is 1.14. The van der Waals surface area contributed by atoms with Gasteiger partial charge in [0.15, 0.2) is 0 Å². The number of carboxylic acids is 2. The molecule has 22 heavy (non-hydrogen) atoms. The molecule has 1 rings (SSSR count). The lowest BCUT2D eigenvalue weighted by atomic mass is 10.0. The summed E-state index contributed by atoms with van der Waals surface area (Å²) in [5, 5.41) is 20.4. The summed E-state index contributed by atoms with van der Waals surface area (Å²) in [5.74, 6) is -3.03. The van der Waals surface area contributed by atoms with Crippen molar-refractivity contribution in [3.05, 3.63) is 35.9 Å². The number of carbonyl (C=O) groups is 3. The third-order valence-corrected chi connectivity index (χ3v) is 2.82. The molecule has 0 saturated heterocycles. The Balaban J connectivity index is 2.60. The molecular weight excluding hydrogens is 290 g/mol. The second-order valence-corrected chi connectivity index (χ2v) is 5.46. The number of carbonyl (C=O) groups excluding carboxylic acids is 1. The van der Waals surface area contributed by atoms with Crippen LogP contribution in [0, 0.1) is 0 Å². The van der Waals surface area contributed by atoms with Gasteiger partial charge in [-0.05, 0) is 26.0 Å². The molecule has 0 fully saturated rings. The predicted molar refractivity (Wildman–Crippen MR) is 77.6 cm³/mol. The van der Waals surface area contributed by atoms with Crippen LogP contribution in [0.4, 0.5) is 0 Å². The van der Waals surface area contributed by atoms with E-state index in [0.717, 1.165) is 0 Å². The number of carboxylic acid groups (broad SMARTS) is 2. The molecule has 120 valence electrons. The lowest BCUT2D eigenvalue weighted by Gasteiger charge is -2.29. The summed E-state index contributed by atoms with van der Waals surface area (Å²) in [6, 6.07) is 7.12. The highest BCUT2D eigenvalue weighted by molar-refractivity contribution is 5.89. The Morgan fingerprint density at radius 3 is 2.27 bits per heavy atom. The molecule has 0 amide bonds. The van der Waals surface area contributed by atoms with Gasteiger partial charge in [0.1, 0.15) is 12.6 Å². The van der Waals surface area contributed by atoms with Gasteiger partial charge in [0.2, 0.25) is 0 Å². The lowest BCUT2D eigenvalue weighted by Crippen LogP contribution is -2.53. The van der Waals surface area contributed by atoms with Crippen molar-refractivity contribution >= 4 is 17.9 Å². The fraction of sp³-hybridized carbons (Fsp3) is 0.400. The van der Waals surface area contributed by atoms with E-state index in [2.05, 4.69) is 5.32 Å². The van der Waals surface area contributed by atoms with Crippen LogP contribution in [0.2, 0.25) is 0 Å². The molecule has 0 bridgehead atoms. The number of ether oxygens (including phenoxy) is 1. The van der Waals surface area contributed by atoms with E-state index in [1.807, 2.05) is 0 Å². The average molecular weight is 309 g/mol. The average Bonchev–Trinajstić information content (AvgIpc) is 2.44. The Morgan fingerprint density at radius 2 is 1.77 bits per heavy atom. The summed E-state index contributed by atoms with van der Waals surface area (Å²) in [6.07, 6.45) is -0.564. The minimum atomic E-state index is -1.27. The smallest absolute Gasteiger partial charge is 0.338 e. The Hall–Kier alpha value is -2.41. The van der Waals surface area contributed by atoms with Crippen LogP contribution in [0.15, 0.2) is 30.3 Å². The highest BCUT2D eigenvalue weighted by Crippen LogP contribution is 2.09. The van der Waals surface area contributed by atoms with Crippen molar-refractivity contribution in [2.75, 3.05) is 6.61 Å². The van der Waals surface area contributed by atoms with Crippen LogP contribution in [0.25, 0.3) is 0 Å². The molecule has 0 saturated carbocycles. The van der Waals surface area contributed by atoms with E-state index in [-0.39, 0.29) is 6.61 Å². The topological polar surface area (TPSA) is 113 Å². The second kappa shape index (κ2) is 7.56. The van der Waals surface area contributed by atoms with Gasteiger partial charge in [0, 0.05) is 5.54 Å². The van der Waals surface area contributed by atoms with Gasteiger partial charge in [-0.2, -0.15) is 0 Å². The van der Waals surface area contributed by atoms with Gasteiger partial charge in [0.25, 0.3) is 0 Å². The first-order valence-electron chi connectivity index (χ1n) is 6.66. The molecule has 1 aromatic carbocycles. The number of nitrogens with one attached hydrogen (secondary N) is 1. The van der Waals surface area contributed by atoms with Crippen LogP contribution in [0.1, 0.15) is 30.6 Å². The van der Waals surface area contributed by atoms with Crippen molar-refractivity contribution < 1.29 is 29.3 Å². The Bertz CT molecular complexity index is 540. The van der Waals surface area contributed by atoms with E-state index < -0.39 is 35.9 Å². The molecular formula is C15H19NO6. The minimum Gasteiger partial charge on any atom is -0.481 e. The molecule has 7 heteroatoms. The maximum atomic E-state index is 11.8. The van der Waals surface area contributed by atoms with E-state index in [0.29, 0.717) is 5.56 Å². The molecule has 0 aromatic heterocycles. The maximum absolute atomic E-state index is 11.8. The van der Waals surface area contributed by atoms with Crippen LogP contribution in [-0.4, -0.2) is 46.3 Å². The quantitative estimate of drug-likeness (QED) is 0.617. The molecule has 0 unspecified atom stereocenters. The van der Waals surface area contributed by atoms with Crippen LogP contribution in [0.3, 0.4) is 0 Å². The second-order valence-electron chi connectivity index (χ2n) is 5.46. The van der Waals surface area contributed by atoms with Gasteiger partial charge >= 0.3 is 17.9 Å². The van der Waals surface area contributed by atoms with Crippen LogP contribution in [-0.2, 0) is 14.3 Å². The summed E-state index contributed by atoms with van der Waals surface area (Å²) >= 11 is 0. The third-order valence-electron chi connectivity index (χ3n) is 2.82. The number of rotatable bonds is 8. The Morgan fingerprint density at radius 1 is 1.18 bits per heavy atom. The largest absolute Gasteiger partial charge is 0.481 e. The molecule has 0 aliphatic carbocycles. The van der Waals surface area contributed by atoms with Crippen molar-refractivity contribution in [1.29, 1.82) is 0 Å². The van der Waals surface area contributed by atoms with Gasteiger partial charge in [-0.25, -0.2) is 4.79 Å². The highest BCUT2D eigenvalue weighted by Gasteiger charge is 2.29. The lowest BCUT2D eigenvalue weighted by molar-refractivity contribution is -0.146. The summed E-state index contributed by atoms with van der Waals surface area (Å²) in [5.41, 5.74) is -0.498. The van der Waals surface area contributed by atoms with E-state index in [1.165, 1.54) is 0 Å². The molecule has 3 N–H and O–H groups in total. The first kappa shape index (κ1) is 17.6.